The predicted octanol–water partition coefficient (Wildman–Crippen LogP) is 2.23. The fraction of sp³-hybridized carbons (Fsp3) is 0.100. The molecule has 0 aromatic heterocycles. The second kappa shape index (κ2) is 4.67. The van der Waals surface area contributed by atoms with E-state index in [1.807, 2.05) is 0 Å². The van der Waals surface area contributed by atoms with Crippen LogP contribution in [0.5, 0.6) is 5.75 Å². The van der Waals surface area contributed by atoms with Crippen molar-refractivity contribution in [3.8, 4) is 5.75 Å². The van der Waals surface area contributed by atoms with E-state index in [2.05, 4.69) is 4.74 Å². The monoisotopic (exact) mass is 212 g/mol. The number of phenolic OH excluding ortho intramolecular Hbond substituents is 1. The molecule has 0 spiro atoms. The van der Waals surface area contributed by atoms with Crippen LogP contribution in [0.25, 0.3) is 6.08 Å². The Morgan fingerprint density at radius 2 is 2.29 bits per heavy atom. The zero-order valence-corrected chi connectivity index (χ0v) is 8.28. The summed E-state index contributed by atoms with van der Waals surface area (Å²) in [5, 5.41) is 9.77. The van der Waals surface area contributed by atoms with Crippen molar-refractivity contribution in [1.82, 2.24) is 0 Å². The normalized spacial score (nSPS) is 10.4. The lowest BCUT2D eigenvalue weighted by atomic mass is 10.2. The van der Waals surface area contributed by atoms with Gasteiger partial charge in [-0.2, -0.15) is 0 Å². The summed E-state index contributed by atoms with van der Waals surface area (Å²) in [5.74, 6) is -0.470. The van der Waals surface area contributed by atoms with Gasteiger partial charge < -0.3 is 9.84 Å². The number of carbonyl (C=O) groups excluding carboxylic acids is 1. The summed E-state index contributed by atoms with van der Waals surface area (Å²) in [6.07, 6.45) is 2.60. The summed E-state index contributed by atoms with van der Waals surface area (Å²) >= 11 is 5.79. The Kier molecular flexibility index (Phi) is 3.54. The maximum absolute atomic E-state index is 10.8. The van der Waals surface area contributed by atoms with Crippen LogP contribution < -0.4 is 0 Å². The Bertz CT molecular complexity index is 351. The van der Waals surface area contributed by atoms with E-state index in [1.54, 1.807) is 12.1 Å². The van der Waals surface area contributed by atoms with Crippen molar-refractivity contribution in [2.45, 2.75) is 0 Å². The molecule has 1 aromatic rings. The first kappa shape index (κ1) is 10.6. The first-order valence-electron chi connectivity index (χ1n) is 3.88. The Balaban J connectivity index is 2.96. The summed E-state index contributed by atoms with van der Waals surface area (Å²) in [5.41, 5.74) is 0.402. The lowest BCUT2D eigenvalue weighted by Gasteiger charge is -2.00. The van der Waals surface area contributed by atoms with Crippen LogP contribution in [0.1, 0.15) is 5.56 Å². The molecule has 0 atom stereocenters. The minimum Gasteiger partial charge on any atom is -0.507 e. The van der Waals surface area contributed by atoms with E-state index in [0.29, 0.717) is 10.6 Å². The molecule has 1 aromatic carbocycles. The molecule has 0 bridgehead atoms. The van der Waals surface area contributed by atoms with Gasteiger partial charge in [0.1, 0.15) is 5.75 Å². The molecule has 3 nitrogen and oxygen atoms in total. The number of rotatable bonds is 2. The number of aromatic hydroxyl groups is 1. The second-order valence-electron chi connectivity index (χ2n) is 2.53. The van der Waals surface area contributed by atoms with E-state index >= 15 is 0 Å². The van der Waals surface area contributed by atoms with E-state index in [9.17, 15) is 9.90 Å². The molecule has 0 radical (unpaired) electrons. The summed E-state index contributed by atoms with van der Waals surface area (Å²) < 4.78 is 4.40. The van der Waals surface area contributed by atoms with Crippen LogP contribution >= 0.6 is 11.6 Å². The van der Waals surface area contributed by atoms with Crippen molar-refractivity contribution >= 4 is 23.6 Å². The number of hydrogen-bond donors (Lipinski definition) is 1. The minimum absolute atomic E-state index is 0.0256. The fourth-order valence-electron chi connectivity index (χ4n) is 0.910. The van der Waals surface area contributed by atoms with Gasteiger partial charge in [0.15, 0.2) is 0 Å². The maximum atomic E-state index is 10.8. The third-order valence-corrected chi connectivity index (χ3v) is 1.95. The fourth-order valence-corrected chi connectivity index (χ4v) is 1.14. The van der Waals surface area contributed by atoms with Gasteiger partial charge in [0.2, 0.25) is 0 Å². The highest BCUT2D eigenvalue weighted by Gasteiger charge is 2.02. The van der Waals surface area contributed by atoms with Crippen molar-refractivity contribution in [3.05, 3.63) is 34.9 Å². The van der Waals surface area contributed by atoms with E-state index in [1.165, 1.54) is 25.3 Å². The number of methoxy groups -OCH3 is 1. The first-order valence-corrected chi connectivity index (χ1v) is 4.26. The summed E-state index contributed by atoms with van der Waals surface area (Å²) in [6.45, 7) is 0. The second-order valence-corrected chi connectivity index (χ2v) is 2.94. The molecule has 0 aliphatic heterocycles. The number of benzene rings is 1. The topological polar surface area (TPSA) is 46.5 Å². The predicted molar refractivity (Wildman–Crippen MR) is 54.2 cm³/mol. The molecule has 0 saturated carbocycles. The number of carbonyl (C=O) groups is 1. The van der Waals surface area contributed by atoms with Crippen LogP contribution in [0, 0.1) is 0 Å². The van der Waals surface area contributed by atoms with Gasteiger partial charge >= 0.3 is 5.97 Å². The summed E-state index contributed by atoms with van der Waals surface area (Å²) in [4.78, 5) is 10.8. The largest absolute Gasteiger partial charge is 0.507 e. The zero-order valence-electron chi connectivity index (χ0n) is 7.53. The molecular formula is C10H9ClO3. The number of esters is 1. The van der Waals surface area contributed by atoms with Crippen molar-refractivity contribution in [2.75, 3.05) is 7.11 Å². The number of phenols is 1. The van der Waals surface area contributed by atoms with Gasteiger partial charge in [0.25, 0.3) is 0 Å². The van der Waals surface area contributed by atoms with Gasteiger partial charge in [-0.25, -0.2) is 4.79 Å². The standard InChI is InChI=1S/C10H9ClO3/c1-14-10(13)6-5-7-8(11)3-2-4-9(7)12/h2-6,12H,1H3. The number of halogens is 1. The summed E-state index contributed by atoms with van der Waals surface area (Å²) in [6, 6.07) is 4.73. The Hall–Kier alpha value is -1.48. The smallest absolute Gasteiger partial charge is 0.330 e. The molecule has 0 unspecified atom stereocenters. The van der Waals surface area contributed by atoms with Crippen LogP contribution in [0.2, 0.25) is 5.02 Å². The quantitative estimate of drug-likeness (QED) is 0.604. The average Bonchev–Trinajstić information content (AvgIpc) is 2.16. The lowest BCUT2D eigenvalue weighted by Crippen LogP contribution is -1.93. The molecule has 0 amide bonds. The van der Waals surface area contributed by atoms with E-state index in [0.717, 1.165) is 0 Å². The van der Waals surface area contributed by atoms with Crippen LogP contribution in [-0.4, -0.2) is 18.2 Å². The zero-order chi connectivity index (χ0) is 10.6. The van der Waals surface area contributed by atoms with E-state index in [-0.39, 0.29) is 5.75 Å². The first-order chi connectivity index (χ1) is 6.65. The molecule has 1 N–H and O–H groups in total. The molecule has 0 aliphatic carbocycles. The van der Waals surface area contributed by atoms with Crippen molar-refractivity contribution in [3.63, 3.8) is 0 Å². The minimum atomic E-state index is -0.496. The van der Waals surface area contributed by atoms with Crippen molar-refractivity contribution in [2.24, 2.45) is 0 Å². The molecule has 0 saturated heterocycles. The van der Waals surface area contributed by atoms with Gasteiger partial charge in [-0.3, -0.25) is 0 Å². The van der Waals surface area contributed by atoms with Gasteiger partial charge in [0, 0.05) is 11.6 Å². The number of ether oxygens (including phenoxy) is 1. The SMILES string of the molecule is COC(=O)C=Cc1c(O)cccc1Cl. The Labute approximate surface area is 86.6 Å². The van der Waals surface area contributed by atoms with E-state index in [4.69, 9.17) is 11.6 Å². The van der Waals surface area contributed by atoms with Crippen molar-refractivity contribution in [1.29, 1.82) is 0 Å². The Morgan fingerprint density at radius 1 is 1.57 bits per heavy atom. The molecule has 1 rings (SSSR count). The third-order valence-electron chi connectivity index (χ3n) is 1.62. The van der Waals surface area contributed by atoms with Gasteiger partial charge in [-0.1, -0.05) is 17.7 Å². The van der Waals surface area contributed by atoms with Crippen LogP contribution in [0.15, 0.2) is 24.3 Å². The highest BCUT2D eigenvalue weighted by atomic mass is 35.5. The average molecular weight is 213 g/mol. The lowest BCUT2D eigenvalue weighted by molar-refractivity contribution is -0.134. The van der Waals surface area contributed by atoms with Gasteiger partial charge in [-0.05, 0) is 18.2 Å². The molecule has 4 heteroatoms. The van der Waals surface area contributed by atoms with Crippen molar-refractivity contribution < 1.29 is 14.6 Å². The Morgan fingerprint density at radius 3 is 2.86 bits per heavy atom. The van der Waals surface area contributed by atoms with Crippen LogP contribution in [-0.2, 0) is 9.53 Å². The van der Waals surface area contributed by atoms with Gasteiger partial charge in [0.05, 0.1) is 12.1 Å². The highest BCUT2D eigenvalue weighted by Crippen LogP contribution is 2.26. The summed E-state index contributed by atoms with van der Waals surface area (Å²) in [7, 11) is 1.28. The molecule has 14 heavy (non-hydrogen) atoms. The third kappa shape index (κ3) is 2.50. The molecule has 0 heterocycles. The maximum Gasteiger partial charge on any atom is 0.330 e. The molecule has 0 fully saturated rings. The molecule has 74 valence electrons. The molecular weight excluding hydrogens is 204 g/mol. The van der Waals surface area contributed by atoms with Crippen LogP contribution in [0.4, 0.5) is 0 Å². The van der Waals surface area contributed by atoms with Crippen LogP contribution in [0.3, 0.4) is 0 Å². The van der Waals surface area contributed by atoms with Gasteiger partial charge in [-0.15, -0.1) is 0 Å². The highest BCUT2D eigenvalue weighted by molar-refractivity contribution is 6.32. The molecule has 0 aliphatic rings. The number of hydrogen-bond acceptors (Lipinski definition) is 3. The van der Waals surface area contributed by atoms with E-state index < -0.39 is 5.97 Å².